The molecule has 2 aromatic rings. The Balaban J connectivity index is 0.00000261. The number of nitrogens with one attached hydrogen (secondary N) is 1. The molecule has 6 nitrogen and oxygen atoms in total. The van der Waals surface area contributed by atoms with Gasteiger partial charge < -0.3 is 19.9 Å². The number of aryl methyl sites for hydroxylation is 1. The third-order valence-corrected chi connectivity index (χ3v) is 5.70. The zero-order chi connectivity index (χ0) is 18.5. The summed E-state index contributed by atoms with van der Waals surface area (Å²) in [5, 5.41) is 6.94. The molecule has 0 aliphatic carbocycles. The summed E-state index contributed by atoms with van der Waals surface area (Å²) >= 11 is 1.80. The topological polar surface area (TPSA) is 53.0 Å². The molecule has 0 aromatic carbocycles. The number of pyridine rings is 1. The van der Waals surface area contributed by atoms with Crippen LogP contribution in [-0.2, 0) is 6.54 Å². The smallest absolute Gasteiger partial charge is 0.194 e. The Morgan fingerprint density at radius 3 is 2.63 bits per heavy atom. The molecule has 3 rings (SSSR count). The number of piperazine rings is 1. The second kappa shape index (κ2) is 10.1. The van der Waals surface area contributed by atoms with Gasteiger partial charge in [-0.25, -0.2) is 0 Å². The molecular formula is C19H28IN5OS. The van der Waals surface area contributed by atoms with E-state index in [0.29, 0.717) is 6.54 Å². The number of aromatic nitrogens is 1. The van der Waals surface area contributed by atoms with Crippen molar-refractivity contribution in [1.82, 2.24) is 15.2 Å². The van der Waals surface area contributed by atoms with Crippen LogP contribution in [0.2, 0.25) is 0 Å². The van der Waals surface area contributed by atoms with Gasteiger partial charge in [0.2, 0.25) is 0 Å². The summed E-state index contributed by atoms with van der Waals surface area (Å²) in [4.78, 5) is 13.8. The number of hydrogen-bond donors (Lipinski definition) is 1. The van der Waals surface area contributed by atoms with E-state index < -0.39 is 0 Å². The third-order valence-electron chi connectivity index (χ3n) is 4.77. The predicted octanol–water partition coefficient (Wildman–Crippen LogP) is 3.28. The first kappa shape index (κ1) is 21.7. The first-order valence-electron chi connectivity index (χ1n) is 8.87. The molecule has 0 atom stereocenters. The van der Waals surface area contributed by atoms with Crippen LogP contribution in [0.1, 0.15) is 16.8 Å². The Kier molecular flexibility index (Phi) is 8.15. The minimum Gasteiger partial charge on any atom is -0.496 e. The van der Waals surface area contributed by atoms with Gasteiger partial charge in [-0.05, 0) is 31.4 Å². The summed E-state index contributed by atoms with van der Waals surface area (Å²) in [7, 11) is 3.54. The van der Waals surface area contributed by atoms with Crippen LogP contribution in [0.5, 0.6) is 5.75 Å². The molecule has 1 saturated heterocycles. The van der Waals surface area contributed by atoms with Crippen LogP contribution in [0, 0.1) is 13.8 Å². The van der Waals surface area contributed by atoms with Crippen molar-refractivity contribution < 1.29 is 4.74 Å². The molecule has 0 bridgehead atoms. The maximum absolute atomic E-state index is 5.50. The van der Waals surface area contributed by atoms with Crippen LogP contribution in [-0.4, -0.2) is 56.2 Å². The minimum absolute atomic E-state index is 0. The number of thiophene rings is 1. The van der Waals surface area contributed by atoms with Crippen LogP contribution in [0.3, 0.4) is 0 Å². The molecule has 27 heavy (non-hydrogen) atoms. The number of methoxy groups -OCH3 is 1. The number of aliphatic imine (C=N–C) groups is 1. The van der Waals surface area contributed by atoms with E-state index in [0.717, 1.165) is 54.7 Å². The van der Waals surface area contributed by atoms with E-state index in [1.54, 1.807) is 18.4 Å². The number of ether oxygens (including phenoxy) is 1. The minimum atomic E-state index is 0. The average molecular weight is 501 g/mol. The average Bonchev–Trinajstić information content (AvgIpc) is 3.19. The van der Waals surface area contributed by atoms with Gasteiger partial charge in [-0.3, -0.25) is 9.98 Å². The maximum atomic E-state index is 5.50. The van der Waals surface area contributed by atoms with E-state index in [1.165, 1.54) is 5.00 Å². The van der Waals surface area contributed by atoms with Crippen LogP contribution in [0.25, 0.3) is 0 Å². The Morgan fingerprint density at radius 1 is 1.30 bits per heavy atom. The van der Waals surface area contributed by atoms with Crippen molar-refractivity contribution in [3.05, 3.63) is 40.5 Å². The van der Waals surface area contributed by atoms with Crippen molar-refractivity contribution in [3.63, 3.8) is 0 Å². The zero-order valence-corrected chi connectivity index (χ0v) is 19.5. The van der Waals surface area contributed by atoms with E-state index in [-0.39, 0.29) is 24.0 Å². The Bertz CT molecular complexity index is 758. The zero-order valence-electron chi connectivity index (χ0n) is 16.4. The van der Waals surface area contributed by atoms with Crippen molar-refractivity contribution in [3.8, 4) is 5.75 Å². The van der Waals surface area contributed by atoms with Gasteiger partial charge in [0.15, 0.2) is 5.96 Å². The summed E-state index contributed by atoms with van der Waals surface area (Å²) in [5.41, 5.74) is 3.13. The standard InChI is InChI=1S/C19H27N5OS.HI/c1-14-12-21-16(15(2)18(14)25-4)13-22-19(20-3)24-9-7-23(8-10-24)17-6-5-11-26-17;/h5-6,11-12H,7-10,13H2,1-4H3,(H,20,22);1H. The molecular weight excluding hydrogens is 473 g/mol. The highest BCUT2D eigenvalue weighted by atomic mass is 127. The molecule has 8 heteroatoms. The lowest BCUT2D eigenvalue weighted by molar-refractivity contribution is 0.373. The van der Waals surface area contributed by atoms with Crippen molar-refractivity contribution >= 4 is 46.3 Å². The SMILES string of the molecule is CN=C(NCc1ncc(C)c(OC)c1C)N1CCN(c2cccs2)CC1.I. The normalized spacial score (nSPS) is 14.7. The lowest BCUT2D eigenvalue weighted by Gasteiger charge is -2.37. The number of halogens is 1. The van der Waals surface area contributed by atoms with E-state index in [2.05, 4.69) is 49.5 Å². The molecule has 0 amide bonds. The number of hydrogen-bond acceptors (Lipinski definition) is 5. The highest BCUT2D eigenvalue weighted by Gasteiger charge is 2.20. The molecule has 0 spiro atoms. The lowest BCUT2D eigenvalue weighted by atomic mass is 10.1. The summed E-state index contributed by atoms with van der Waals surface area (Å²) in [5.74, 6) is 1.84. The van der Waals surface area contributed by atoms with E-state index in [4.69, 9.17) is 4.74 Å². The Hall–Kier alpha value is -1.55. The first-order valence-corrected chi connectivity index (χ1v) is 9.75. The molecule has 3 heterocycles. The molecule has 0 radical (unpaired) electrons. The highest BCUT2D eigenvalue weighted by Crippen LogP contribution is 2.24. The molecule has 0 saturated carbocycles. The van der Waals surface area contributed by atoms with Crippen molar-refractivity contribution in [1.29, 1.82) is 0 Å². The largest absolute Gasteiger partial charge is 0.496 e. The van der Waals surface area contributed by atoms with Crippen molar-refractivity contribution in [2.24, 2.45) is 4.99 Å². The van der Waals surface area contributed by atoms with Gasteiger partial charge in [0.1, 0.15) is 5.75 Å². The van der Waals surface area contributed by atoms with Gasteiger partial charge in [-0.1, -0.05) is 0 Å². The van der Waals surface area contributed by atoms with E-state index in [1.807, 2.05) is 20.2 Å². The molecule has 1 aliphatic rings. The monoisotopic (exact) mass is 501 g/mol. The lowest BCUT2D eigenvalue weighted by Crippen LogP contribution is -2.52. The molecule has 2 aromatic heterocycles. The van der Waals surface area contributed by atoms with Gasteiger partial charge in [0.25, 0.3) is 0 Å². The van der Waals surface area contributed by atoms with Crippen LogP contribution in [0.15, 0.2) is 28.7 Å². The van der Waals surface area contributed by atoms with Crippen molar-refractivity contribution in [2.45, 2.75) is 20.4 Å². The number of anilines is 1. The quantitative estimate of drug-likeness (QED) is 0.396. The fourth-order valence-electron chi connectivity index (χ4n) is 3.33. The summed E-state index contributed by atoms with van der Waals surface area (Å²) in [6, 6.07) is 4.30. The van der Waals surface area contributed by atoms with Crippen molar-refractivity contribution in [2.75, 3.05) is 45.2 Å². The maximum Gasteiger partial charge on any atom is 0.194 e. The van der Waals surface area contributed by atoms with Gasteiger partial charge in [0, 0.05) is 50.6 Å². The highest BCUT2D eigenvalue weighted by molar-refractivity contribution is 14.0. The molecule has 1 fully saturated rings. The van der Waals surface area contributed by atoms with Crippen LogP contribution < -0.4 is 15.0 Å². The van der Waals surface area contributed by atoms with Gasteiger partial charge in [0.05, 0.1) is 24.3 Å². The molecule has 1 aliphatic heterocycles. The van der Waals surface area contributed by atoms with Gasteiger partial charge in [-0.2, -0.15) is 0 Å². The predicted molar refractivity (Wildman–Crippen MR) is 124 cm³/mol. The van der Waals surface area contributed by atoms with E-state index in [9.17, 15) is 0 Å². The second-order valence-corrected chi connectivity index (χ2v) is 7.30. The Labute approximate surface area is 182 Å². The Morgan fingerprint density at radius 2 is 2.04 bits per heavy atom. The summed E-state index contributed by atoms with van der Waals surface area (Å²) < 4.78 is 5.50. The fraction of sp³-hybridized carbons (Fsp3) is 0.474. The molecule has 148 valence electrons. The van der Waals surface area contributed by atoms with E-state index >= 15 is 0 Å². The second-order valence-electron chi connectivity index (χ2n) is 6.37. The fourth-order valence-corrected chi connectivity index (χ4v) is 4.12. The molecule has 1 N–H and O–H groups in total. The summed E-state index contributed by atoms with van der Waals surface area (Å²) in [6.07, 6.45) is 1.87. The third kappa shape index (κ3) is 5.04. The number of guanidine groups is 1. The van der Waals surface area contributed by atoms with Crippen LogP contribution in [0.4, 0.5) is 5.00 Å². The summed E-state index contributed by atoms with van der Waals surface area (Å²) in [6.45, 7) is 8.65. The first-order chi connectivity index (χ1) is 12.6. The molecule has 0 unspecified atom stereocenters. The van der Waals surface area contributed by atoms with Gasteiger partial charge in [-0.15, -0.1) is 35.3 Å². The van der Waals surface area contributed by atoms with Crippen LogP contribution >= 0.6 is 35.3 Å². The number of nitrogens with zero attached hydrogens (tertiary/aromatic N) is 4. The number of rotatable bonds is 4. The van der Waals surface area contributed by atoms with Gasteiger partial charge >= 0.3 is 0 Å².